The highest BCUT2D eigenvalue weighted by atomic mass is 35.5. The Bertz CT molecular complexity index is 778. The molecule has 0 bridgehead atoms. The van der Waals surface area contributed by atoms with Crippen molar-refractivity contribution in [2.45, 2.75) is 88.8 Å². The van der Waals surface area contributed by atoms with Crippen molar-refractivity contribution >= 4 is 40.1 Å². The van der Waals surface area contributed by atoms with Crippen LogP contribution in [0.4, 0.5) is 10.1 Å². The van der Waals surface area contributed by atoms with E-state index in [2.05, 4.69) is 10.2 Å². The summed E-state index contributed by atoms with van der Waals surface area (Å²) in [5.74, 6) is 0.242. The Morgan fingerprint density at radius 3 is 2.57 bits per heavy atom. The van der Waals surface area contributed by atoms with Gasteiger partial charge in [-0.1, -0.05) is 61.9 Å². The molecule has 1 N–H and O–H groups in total. The van der Waals surface area contributed by atoms with Crippen LogP contribution in [-0.2, 0) is 4.79 Å². The molecule has 0 spiro atoms. The van der Waals surface area contributed by atoms with Crippen LogP contribution in [-0.4, -0.2) is 39.9 Å². The normalized spacial score (nSPS) is 25.1. The van der Waals surface area contributed by atoms with Gasteiger partial charge in [0.15, 0.2) is 5.17 Å². The lowest BCUT2D eigenvalue weighted by Crippen LogP contribution is -2.45. The van der Waals surface area contributed by atoms with Gasteiger partial charge in [0.2, 0.25) is 5.91 Å². The number of hydrogen-bond donors (Lipinski definition) is 1. The van der Waals surface area contributed by atoms with Gasteiger partial charge in [-0.15, -0.1) is 0 Å². The molecular weight excluding hydrogens is 421 g/mol. The lowest BCUT2D eigenvalue weighted by atomic mass is 9.93. The van der Waals surface area contributed by atoms with Crippen molar-refractivity contribution in [2.24, 2.45) is 4.99 Å². The number of nitrogens with zero attached hydrogens (tertiary/aromatic N) is 2. The molecule has 30 heavy (non-hydrogen) atoms. The van der Waals surface area contributed by atoms with E-state index in [1.807, 2.05) is 0 Å². The van der Waals surface area contributed by atoms with Crippen LogP contribution in [0.1, 0.15) is 70.6 Å². The molecule has 1 unspecified atom stereocenters. The first-order valence-corrected chi connectivity index (χ1v) is 12.7. The molecule has 1 aromatic rings. The van der Waals surface area contributed by atoms with Gasteiger partial charge < -0.3 is 10.2 Å². The van der Waals surface area contributed by atoms with Gasteiger partial charge in [-0.3, -0.25) is 9.79 Å². The summed E-state index contributed by atoms with van der Waals surface area (Å²) in [7, 11) is 0. The van der Waals surface area contributed by atoms with Crippen LogP contribution in [0, 0.1) is 5.82 Å². The number of hydrogen-bond acceptors (Lipinski definition) is 3. The molecule has 1 amide bonds. The molecule has 1 heterocycles. The standard InChI is InChI=1S/C23H31ClFN3OS/c24-16-11-12-20(25)21(13-16)27-22(29)14-19-15-30-23(26-17-7-3-1-4-8-17)28(19)18-9-5-2-6-10-18/h11-13,17-19H,1-10,14-15H2,(H,27,29). The molecule has 4 rings (SSSR count). The van der Waals surface area contributed by atoms with Crippen LogP contribution >= 0.6 is 23.4 Å². The van der Waals surface area contributed by atoms with Crippen LogP contribution in [0.25, 0.3) is 0 Å². The fourth-order valence-corrected chi connectivity index (χ4v) is 6.39. The minimum absolute atomic E-state index is 0.114. The topological polar surface area (TPSA) is 44.7 Å². The molecule has 3 aliphatic rings. The quantitative estimate of drug-likeness (QED) is 0.575. The summed E-state index contributed by atoms with van der Waals surface area (Å²) in [6.07, 6.45) is 12.7. The maximum absolute atomic E-state index is 14.0. The van der Waals surface area contributed by atoms with E-state index in [1.54, 1.807) is 11.8 Å². The number of amides is 1. The molecule has 4 nitrogen and oxygen atoms in total. The second-order valence-corrected chi connectivity index (χ2v) is 10.2. The lowest BCUT2D eigenvalue weighted by Gasteiger charge is -2.37. The van der Waals surface area contributed by atoms with Crippen LogP contribution in [0.3, 0.4) is 0 Å². The fourth-order valence-electron chi connectivity index (χ4n) is 4.93. The van der Waals surface area contributed by atoms with Gasteiger partial charge in [-0.2, -0.15) is 0 Å². The Morgan fingerprint density at radius 2 is 1.83 bits per heavy atom. The third kappa shape index (κ3) is 5.50. The Kier molecular flexibility index (Phi) is 7.58. The minimum Gasteiger partial charge on any atom is -0.344 e. The zero-order chi connectivity index (χ0) is 20.9. The first-order valence-electron chi connectivity index (χ1n) is 11.3. The molecule has 7 heteroatoms. The van der Waals surface area contributed by atoms with E-state index in [0.717, 1.165) is 10.9 Å². The molecule has 1 aliphatic heterocycles. The monoisotopic (exact) mass is 451 g/mol. The Hall–Kier alpha value is -1.27. The number of carbonyl (C=O) groups is 1. The van der Waals surface area contributed by atoms with Gasteiger partial charge in [-0.05, 0) is 43.9 Å². The van der Waals surface area contributed by atoms with Gasteiger partial charge in [0, 0.05) is 29.3 Å². The summed E-state index contributed by atoms with van der Waals surface area (Å²) in [6, 6.07) is 5.25. The largest absolute Gasteiger partial charge is 0.344 e. The molecule has 1 saturated heterocycles. The number of benzene rings is 1. The van der Waals surface area contributed by atoms with E-state index in [0.29, 0.717) is 23.5 Å². The average molecular weight is 452 g/mol. The third-order valence-corrected chi connectivity index (χ3v) is 7.84. The van der Waals surface area contributed by atoms with Crippen LogP contribution in [0.2, 0.25) is 5.02 Å². The first kappa shape index (κ1) is 21.9. The molecule has 0 aromatic heterocycles. The fraction of sp³-hybridized carbons (Fsp3) is 0.652. The Morgan fingerprint density at radius 1 is 1.13 bits per heavy atom. The molecule has 164 valence electrons. The van der Waals surface area contributed by atoms with Gasteiger partial charge >= 0.3 is 0 Å². The van der Waals surface area contributed by atoms with Gasteiger partial charge in [0.05, 0.1) is 11.7 Å². The van der Waals surface area contributed by atoms with Gasteiger partial charge in [-0.25, -0.2) is 4.39 Å². The summed E-state index contributed by atoms with van der Waals surface area (Å²) in [5.41, 5.74) is 0.151. The number of aliphatic imine (C=N–C) groups is 1. The van der Waals surface area contributed by atoms with E-state index in [1.165, 1.54) is 82.4 Å². The van der Waals surface area contributed by atoms with Crippen LogP contribution < -0.4 is 5.32 Å². The lowest BCUT2D eigenvalue weighted by molar-refractivity contribution is -0.117. The smallest absolute Gasteiger partial charge is 0.226 e. The number of rotatable bonds is 5. The highest BCUT2D eigenvalue weighted by molar-refractivity contribution is 8.14. The summed E-state index contributed by atoms with van der Waals surface area (Å²) in [6.45, 7) is 0. The molecule has 3 fully saturated rings. The molecule has 0 radical (unpaired) electrons. The first-order chi connectivity index (χ1) is 14.6. The molecule has 1 aromatic carbocycles. The molecule has 2 aliphatic carbocycles. The maximum Gasteiger partial charge on any atom is 0.226 e. The predicted molar refractivity (Wildman–Crippen MR) is 124 cm³/mol. The van der Waals surface area contributed by atoms with Crippen molar-refractivity contribution in [3.05, 3.63) is 29.0 Å². The van der Waals surface area contributed by atoms with E-state index in [-0.39, 0.29) is 17.6 Å². The van der Waals surface area contributed by atoms with Crippen molar-refractivity contribution in [3.8, 4) is 0 Å². The average Bonchev–Trinajstić information content (AvgIpc) is 3.14. The minimum atomic E-state index is -0.461. The van der Waals surface area contributed by atoms with Crippen molar-refractivity contribution in [2.75, 3.05) is 11.1 Å². The Balaban J connectivity index is 1.47. The highest BCUT2D eigenvalue weighted by Gasteiger charge is 2.37. The molecule has 1 atom stereocenters. The van der Waals surface area contributed by atoms with Gasteiger partial charge in [0.1, 0.15) is 5.82 Å². The van der Waals surface area contributed by atoms with E-state index < -0.39 is 5.82 Å². The van der Waals surface area contributed by atoms with Crippen molar-refractivity contribution in [1.29, 1.82) is 0 Å². The summed E-state index contributed by atoms with van der Waals surface area (Å²) in [4.78, 5) is 20.4. The number of halogens is 2. The van der Waals surface area contributed by atoms with Crippen molar-refractivity contribution in [1.82, 2.24) is 4.90 Å². The zero-order valence-corrected chi connectivity index (χ0v) is 19.0. The van der Waals surface area contributed by atoms with Gasteiger partial charge in [0.25, 0.3) is 0 Å². The van der Waals surface area contributed by atoms with Crippen molar-refractivity contribution in [3.63, 3.8) is 0 Å². The SMILES string of the molecule is O=C(CC1CSC(=NC2CCCCC2)N1C1CCCCC1)Nc1cc(Cl)ccc1F. The number of amidine groups is 1. The predicted octanol–water partition coefficient (Wildman–Crippen LogP) is 6.25. The van der Waals surface area contributed by atoms with E-state index in [4.69, 9.17) is 16.6 Å². The van der Waals surface area contributed by atoms with Crippen LogP contribution in [0.5, 0.6) is 0 Å². The third-order valence-electron chi connectivity index (χ3n) is 6.48. The number of anilines is 1. The Labute approximate surface area is 188 Å². The number of nitrogens with one attached hydrogen (secondary N) is 1. The summed E-state index contributed by atoms with van der Waals surface area (Å²) >= 11 is 7.76. The van der Waals surface area contributed by atoms with E-state index >= 15 is 0 Å². The summed E-state index contributed by atoms with van der Waals surface area (Å²) in [5, 5.41) is 4.27. The molecular formula is C23H31ClFN3OS. The van der Waals surface area contributed by atoms with Crippen LogP contribution in [0.15, 0.2) is 23.2 Å². The zero-order valence-electron chi connectivity index (χ0n) is 17.4. The second kappa shape index (κ2) is 10.4. The molecule has 2 saturated carbocycles. The highest BCUT2D eigenvalue weighted by Crippen LogP contribution is 2.35. The van der Waals surface area contributed by atoms with Crippen molar-refractivity contribution < 1.29 is 9.18 Å². The van der Waals surface area contributed by atoms with E-state index in [9.17, 15) is 9.18 Å². The summed E-state index contributed by atoms with van der Waals surface area (Å²) < 4.78 is 14.0. The second-order valence-electron chi connectivity index (χ2n) is 8.74. The number of thioether (sulfide) groups is 1. The number of carbonyl (C=O) groups excluding carboxylic acids is 1. The maximum atomic E-state index is 14.0.